The number of hydrogen-bond acceptors (Lipinski definition) is 4. The van der Waals surface area contributed by atoms with E-state index in [1.165, 1.54) is 18.1 Å². The van der Waals surface area contributed by atoms with Crippen molar-refractivity contribution in [2.75, 3.05) is 12.0 Å². The summed E-state index contributed by atoms with van der Waals surface area (Å²) < 4.78 is 5.16. The van der Waals surface area contributed by atoms with Crippen molar-refractivity contribution in [1.82, 2.24) is 0 Å². The zero-order valence-corrected chi connectivity index (χ0v) is 17.8. The van der Waals surface area contributed by atoms with Gasteiger partial charge in [0.15, 0.2) is 0 Å². The van der Waals surface area contributed by atoms with Gasteiger partial charge in [-0.1, -0.05) is 54.1 Å². The van der Waals surface area contributed by atoms with Crippen molar-refractivity contribution in [1.29, 1.82) is 0 Å². The highest BCUT2D eigenvalue weighted by Crippen LogP contribution is 2.42. The molecule has 0 spiro atoms. The summed E-state index contributed by atoms with van der Waals surface area (Å²) in [6.45, 7) is 1.91. The van der Waals surface area contributed by atoms with Crippen molar-refractivity contribution in [3.63, 3.8) is 0 Å². The predicted octanol–water partition coefficient (Wildman–Crippen LogP) is 5.28. The number of hydrogen-bond donors (Lipinski definition) is 1. The van der Waals surface area contributed by atoms with Gasteiger partial charge in [0.1, 0.15) is 11.5 Å². The van der Waals surface area contributed by atoms with Crippen molar-refractivity contribution < 1.29 is 19.4 Å². The number of rotatable bonds is 4. The molecular weight excluding hydrogens is 414 g/mol. The smallest absolute Gasteiger partial charge is 0.300 e. The lowest BCUT2D eigenvalue weighted by molar-refractivity contribution is -0.132. The number of Topliss-reactive ketones (excluding diaryl/α,β-unsaturated/α-hetero) is 1. The summed E-state index contributed by atoms with van der Waals surface area (Å²) in [5.41, 5.74) is 2.59. The Morgan fingerprint density at radius 1 is 1.00 bits per heavy atom. The van der Waals surface area contributed by atoms with Gasteiger partial charge in [-0.25, -0.2) is 0 Å². The minimum Gasteiger partial charge on any atom is -0.507 e. The van der Waals surface area contributed by atoms with Gasteiger partial charge in [-0.2, -0.15) is 0 Å². The minimum atomic E-state index is -0.774. The average molecular weight is 434 g/mol. The number of ether oxygens (including phenoxy) is 1. The number of aryl methyl sites for hydroxylation is 1. The number of aliphatic hydroxyl groups excluding tert-OH is 1. The van der Waals surface area contributed by atoms with Gasteiger partial charge in [0.05, 0.1) is 23.7 Å². The van der Waals surface area contributed by atoms with Crippen LogP contribution in [0.2, 0.25) is 5.02 Å². The Morgan fingerprint density at radius 3 is 2.39 bits per heavy atom. The molecule has 0 bridgehead atoms. The normalized spacial score (nSPS) is 17.8. The second-order valence-electron chi connectivity index (χ2n) is 7.27. The molecule has 1 saturated heterocycles. The second-order valence-corrected chi connectivity index (χ2v) is 7.68. The van der Waals surface area contributed by atoms with E-state index in [1.54, 1.807) is 18.2 Å². The van der Waals surface area contributed by atoms with E-state index in [9.17, 15) is 14.7 Å². The molecule has 0 radical (unpaired) electrons. The van der Waals surface area contributed by atoms with Crippen LogP contribution >= 0.6 is 11.6 Å². The van der Waals surface area contributed by atoms with E-state index >= 15 is 0 Å². The first-order valence-electron chi connectivity index (χ1n) is 9.69. The van der Waals surface area contributed by atoms with Gasteiger partial charge < -0.3 is 9.84 Å². The Balaban J connectivity index is 1.93. The Hall–Kier alpha value is -3.57. The van der Waals surface area contributed by atoms with Crippen molar-refractivity contribution in [2.24, 2.45) is 0 Å². The van der Waals surface area contributed by atoms with E-state index in [4.69, 9.17) is 16.3 Å². The number of amides is 1. The Kier molecular flexibility index (Phi) is 5.53. The van der Waals surface area contributed by atoms with Crippen LogP contribution in [-0.2, 0) is 9.59 Å². The van der Waals surface area contributed by atoms with E-state index in [0.717, 1.165) is 5.56 Å². The quantitative estimate of drug-likeness (QED) is 0.345. The third-order valence-corrected chi connectivity index (χ3v) is 5.56. The SMILES string of the molecule is COc1ccc(/C(O)=C2/C(=O)C(=O)N(c3cccc(C)c3)C2c2ccccc2)cc1Cl. The van der Waals surface area contributed by atoms with Gasteiger partial charge in [0, 0.05) is 11.3 Å². The average Bonchev–Trinajstić information content (AvgIpc) is 3.04. The molecular formula is C25H20ClNO4. The van der Waals surface area contributed by atoms with Gasteiger partial charge in [0.2, 0.25) is 0 Å². The first kappa shape index (κ1) is 20.7. The fraction of sp³-hybridized carbons (Fsp3) is 0.120. The van der Waals surface area contributed by atoms with Crippen LogP contribution in [0.25, 0.3) is 5.76 Å². The molecule has 1 aliphatic heterocycles. The largest absolute Gasteiger partial charge is 0.507 e. The fourth-order valence-electron chi connectivity index (χ4n) is 3.80. The summed E-state index contributed by atoms with van der Waals surface area (Å²) in [5, 5.41) is 11.4. The molecule has 1 heterocycles. The first-order chi connectivity index (χ1) is 14.9. The number of aliphatic hydroxyl groups is 1. The summed E-state index contributed by atoms with van der Waals surface area (Å²) in [6.07, 6.45) is 0. The molecule has 3 aromatic rings. The fourth-order valence-corrected chi connectivity index (χ4v) is 4.05. The van der Waals surface area contributed by atoms with Crippen LogP contribution in [0.15, 0.2) is 78.4 Å². The molecule has 31 heavy (non-hydrogen) atoms. The number of anilines is 1. The Bertz CT molecular complexity index is 1200. The third-order valence-electron chi connectivity index (χ3n) is 5.26. The van der Waals surface area contributed by atoms with Gasteiger partial charge in [-0.05, 0) is 48.4 Å². The summed E-state index contributed by atoms with van der Waals surface area (Å²) in [6, 6.07) is 20.5. The molecule has 6 heteroatoms. The highest BCUT2D eigenvalue weighted by atomic mass is 35.5. The molecule has 3 aromatic carbocycles. The maximum absolute atomic E-state index is 13.1. The molecule has 0 saturated carbocycles. The summed E-state index contributed by atoms with van der Waals surface area (Å²) in [5.74, 6) is -1.29. The molecule has 4 rings (SSSR count). The molecule has 0 aromatic heterocycles. The van der Waals surface area contributed by atoms with Crippen LogP contribution in [0, 0.1) is 6.92 Å². The molecule has 1 aliphatic rings. The molecule has 0 aliphatic carbocycles. The lowest BCUT2D eigenvalue weighted by Gasteiger charge is -2.25. The lowest BCUT2D eigenvalue weighted by Crippen LogP contribution is -2.29. The van der Waals surface area contributed by atoms with Crippen molar-refractivity contribution in [3.05, 3.63) is 100 Å². The number of benzene rings is 3. The van der Waals surface area contributed by atoms with Gasteiger partial charge in [-0.15, -0.1) is 0 Å². The summed E-state index contributed by atoms with van der Waals surface area (Å²) in [7, 11) is 1.49. The number of carbonyl (C=O) groups excluding carboxylic acids is 2. The molecule has 5 nitrogen and oxygen atoms in total. The highest BCUT2D eigenvalue weighted by Gasteiger charge is 2.46. The summed E-state index contributed by atoms with van der Waals surface area (Å²) in [4.78, 5) is 27.6. The molecule has 156 valence electrons. The second kappa shape index (κ2) is 8.28. The number of carbonyl (C=O) groups is 2. The van der Waals surface area contributed by atoms with Crippen LogP contribution in [0.4, 0.5) is 5.69 Å². The predicted molar refractivity (Wildman–Crippen MR) is 120 cm³/mol. The first-order valence-corrected chi connectivity index (χ1v) is 10.1. The van der Waals surface area contributed by atoms with Crippen LogP contribution < -0.4 is 9.64 Å². The van der Waals surface area contributed by atoms with Crippen molar-refractivity contribution in [2.45, 2.75) is 13.0 Å². The van der Waals surface area contributed by atoms with Gasteiger partial charge in [0.25, 0.3) is 11.7 Å². The van der Waals surface area contributed by atoms with E-state index in [-0.39, 0.29) is 16.4 Å². The van der Waals surface area contributed by atoms with Crippen LogP contribution in [0.3, 0.4) is 0 Å². The number of ketones is 1. The summed E-state index contributed by atoms with van der Waals surface area (Å²) >= 11 is 6.22. The van der Waals surface area contributed by atoms with Crippen LogP contribution in [0.1, 0.15) is 22.7 Å². The zero-order valence-electron chi connectivity index (χ0n) is 17.0. The van der Waals surface area contributed by atoms with E-state index in [0.29, 0.717) is 22.6 Å². The molecule has 1 unspecified atom stereocenters. The molecule has 1 N–H and O–H groups in total. The van der Waals surface area contributed by atoms with Gasteiger partial charge >= 0.3 is 0 Å². The molecule has 1 fully saturated rings. The standard InChI is InChI=1S/C25H20ClNO4/c1-15-7-6-10-18(13-15)27-22(16-8-4-3-5-9-16)21(24(29)25(27)30)23(28)17-11-12-20(31-2)19(26)14-17/h3-14,22,28H,1-2H3/b23-21-. The number of nitrogens with zero attached hydrogens (tertiary/aromatic N) is 1. The van der Waals surface area contributed by atoms with Gasteiger partial charge in [-0.3, -0.25) is 14.5 Å². The maximum Gasteiger partial charge on any atom is 0.300 e. The Labute approximate surface area is 185 Å². The molecule has 1 atom stereocenters. The third kappa shape index (κ3) is 3.68. The minimum absolute atomic E-state index is 0.0129. The zero-order chi connectivity index (χ0) is 22.1. The monoisotopic (exact) mass is 433 g/mol. The molecule has 1 amide bonds. The van der Waals surface area contributed by atoms with E-state index in [2.05, 4.69) is 0 Å². The van der Waals surface area contributed by atoms with Crippen LogP contribution in [-0.4, -0.2) is 23.9 Å². The topological polar surface area (TPSA) is 66.8 Å². The Morgan fingerprint density at radius 2 is 1.74 bits per heavy atom. The van der Waals surface area contributed by atoms with Crippen molar-refractivity contribution >= 4 is 34.7 Å². The maximum atomic E-state index is 13.1. The lowest BCUT2D eigenvalue weighted by atomic mass is 9.95. The van der Waals surface area contributed by atoms with E-state index in [1.807, 2.05) is 55.5 Å². The number of methoxy groups -OCH3 is 1. The number of halogens is 1. The van der Waals surface area contributed by atoms with Crippen molar-refractivity contribution in [3.8, 4) is 5.75 Å². The van der Waals surface area contributed by atoms with E-state index < -0.39 is 17.7 Å². The van der Waals surface area contributed by atoms with Crippen LogP contribution in [0.5, 0.6) is 5.75 Å². The highest BCUT2D eigenvalue weighted by molar-refractivity contribution is 6.51.